The lowest BCUT2D eigenvalue weighted by atomic mass is 9.97. The summed E-state index contributed by atoms with van der Waals surface area (Å²) in [4.78, 5) is 8.47. The van der Waals surface area contributed by atoms with Gasteiger partial charge >= 0.3 is 0 Å². The van der Waals surface area contributed by atoms with Crippen LogP contribution in [-0.2, 0) is 19.6 Å². The third-order valence-electron chi connectivity index (χ3n) is 4.46. The molecule has 2 heterocycles. The van der Waals surface area contributed by atoms with Crippen LogP contribution in [0.5, 0.6) is 0 Å². The van der Waals surface area contributed by atoms with Crippen molar-refractivity contribution in [1.82, 2.24) is 25.5 Å². The van der Waals surface area contributed by atoms with Crippen molar-refractivity contribution in [2.75, 3.05) is 0 Å². The van der Waals surface area contributed by atoms with Gasteiger partial charge in [0, 0.05) is 35.9 Å². The molecule has 0 atom stereocenters. The molecule has 0 aliphatic heterocycles. The van der Waals surface area contributed by atoms with Gasteiger partial charge in [0.15, 0.2) is 5.84 Å². The predicted molar refractivity (Wildman–Crippen MR) is 117 cm³/mol. The smallest absolute Gasteiger partial charge is 0.234 e. The van der Waals surface area contributed by atoms with Crippen molar-refractivity contribution in [3.05, 3.63) is 59.2 Å². The third-order valence-corrected chi connectivity index (χ3v) is 4.46. The van der Waals surface area contributed by atoms with Gasteiger partial charge in [-0.25, -0.2) is 20.9 Å². The summed E-state index contributed by atoms with van der Waals surface area (Å²) in [5.41, 5.74) is 21.1. The zero-order valence-electron chi connectivity index (χ0n) is 17.5. The number of nitrogens with two attached hydrogens (primary N) is 2. The third kappa shape index (κ3) is 5.11. The summed E-state index contributed by atoms with van der Waals surface area (Å²) in [6, 6.07) is 11.6. The molecule has 2 aromatic heterocycles. The molecule has 0 bridgehead atoms. The second kappa shape index (κ2) is 8.90. The number of nitrogens with one attached hydrogen (secondary N) is 2. The first-order chi connectivity index (χ1) is 14.3. The highest BCUT2D eigenvalue weighted by Gasteiger charge is 2.18. The zero-order valence-corrected chi connectivity index (χ0v) is 17.5. The van der Waals surface area contributed by atoms with E-state index in [2.05, 4.69) is 51.4 Å². The lowest BCUT2D eigenvalue weighted by Crippen LogP contribution is -2.31. The molecule has 0 radical (unpaired) electrons. The molecule has 0 unspecified atom stereocenters. The van der Waals surface area contributed by atoms with E-state index < -0.39 is 0 Å². The van der Waals surface area contributed by atoms with E-state index in [0.717, 1.165) is 34.4 Å². The number of nitriles is 1. The summed E-state index contributed by atoms with van der Waals surface area (Å²) in [5.74, 6) is 0.525. The van der Waals surface area contributed by atoms with Crippen LogP contribution in [0.4, 0.5) is 0 Å². The molecule has 9 nitrogen and oxygen atoms in total. The van der Waals surface area contributed by atoms with Crippen LogP contribution in [0.25, 0.3) is 11.0 Å². The van der Waals surface area contributed by atoms with E-state index in [1.807, 2.05) is 36.4 Å². The van der Waals surface area contributed by atoms with E-state index in [9.17, 15) is 0 Å². The highest BCUT2D eigenvalue weighted by molar-refractivity contribution is 5.97. The monoisotopic (exact) mass is 405 g/mol. The van der Waals surface area contributed by atoms with Gasteiger partial charge in [0.25, 0.3) is 0 Å². The van der Waals surface area contributed by atoms with Crippen LogP contribution in [0.3, 0.4) is 0 Å². The lowest BCUT2D eigenvalue weighted by molar-refractivity contribution is 0.341. The van der Waals surface area contributed by atoms with E-state index in [1.165, 1.54) is 0 Å². The molecule has 0 saturated heterocycles. The van der Waals surface area contributed by atoms with Crippen LogP contribution < -0.4 is 22.4 Å². The molecule has 0 aliphatic rings. The van der Waals surface area contributed by atoms with Gasteiger partial charge in [-0.15, -0.1) is 5.10 Å². The van der Waals surface area contributed by atoms with Gasteiger partial charge in [0.05, 0.1) is 6.54 Å². The molecular formula is C21H27N9. The molecule has 6 N–H and O–H groups in total. The predicted octanol–water partition coefficient (Wildman–Crippen LogP) is 1.72. The van der Waals surface area contributed by atoms with E-state index in [1.54, 1.807) is 6.20 Å². The van der Waals surface area contributed by atoms with Crippen molar-refractivity contribution < 1.29 is 0 Å². The minimum Gasteiger partial charge on any atom is -0.382 e. The van der Waals surface area contributed by atoms with Gasteiger partial charge in [0.1, 0.15) is 11.7 Å². The van der Waals surface area contributed by atoms with Crippen LogP contribution in [0.1, 0.15) is 43.4 Å². The fourth-order valence-electron chi connectivity index (χ4n) is 3.05. The van der Waals surface area contributed by atoms with Crippen LogP contribution in [0.15, 0.2) is 41.6 Å². The van der Waals surface area contributed by atoms with Crippen LogP contribution in [0, 0.1) is 16.7 Å². The molecule has 0 fully saturated rings. The zero-order chi connectivity index (χ0) is 21.7. The average Bonchev–Trinajstić information content (AvgIpc) is 3.06. The van der Waals surface area contributed by atoms with Crippen LogP contribution in [0.2, 0.25) is 0 Å². The minimum atomic E-state index is 0.0319. The van der Waals surface area contributed by atoms with Gasteiger partial charge in [-0.3, -0.25) is 0 Å². The van der Waals surface area contributed by atoms with Crippen LogP contribution >= 0.6 is 0 Å². The Kier molecular flexibility index (Phi) is 6.30. The Morgan fingerprint density at radius 2 is 2.00 bits per heavy atom. The normalized spacial score (nSPS) is 12.2. The summed E-state index contributed by atoms with van der Waals surface area (Å²) in [5, 5.41) is 14.2. The van der Waals surface area contributed by atoms with Gasteiger partial charge in [-0.1, -0.05) is 45.0 Å². The molecule has 0 amide bonds. The van der Waals surface area contributed by atoms with Gasteiger partial charge < -0.3 is 16.0 Å². The Balaban J connectivity index is 1.74. The summed E-state index contributed by atoms with van der Waals surface area (Å²) in [7, 11) is 0. The topological polar surface area (TPSA) is 143 Å². The first-order valence-electron chi connectivity index (χ1n) is 9.66. The number of rotatable bonds is 7. The van der Waals surface area contributed by atoms with Crippen molar-refractivity contribution in [1.29, 1.82) is 5.26 Å². The van der Waals surface area contributed by atoms with Crippen molar-refractivity contribution in [2.45, 2.75) is 40.4 Å². The second-order valence-corrected chi connectivity index (χ2v) is 8.23. The molecule has 0 aliphatic carbocycles. The summed E-state index contributed by atoms with van der Waals surface area (Å²) < 4.78 is 2.10. The Labute approximate surface area is 175 Å². The number of benzene rings is 1. The lowest BCUT2D eigenvalue weighted by Gasteiger charge is -2.21. The maximum absolute atomic E-state index is 9.14. The standard InChI is InChI=1S/C21H27N9/c1-21(2,3)13-30-17(8-16-11-25-18(10-23)27-20(16)30)12-26-29-28-19(24)15-6-4-14(9-22)5-7-15/h4-8,11,26,29H,9,12-13,22H2,1-3H3,(H2,24,28). The van der Waals surface area contributed by atoms with Crippen molar-refractivity contribution in [3.8, 4) is 6.07 Å². The molecule has 1 aromatic carbocycles. The number of hydrazine groups is 1. The number of nitrogens with zero attached hydrogens (tertiary/aromatic N) is 5. The van der Waals surface area contributed by atoms with E-state index in [4.69, 9.17) is 16.7 Å². The number of aromatic nitrogens is 3. The molecule has 156 valence electrons. The van der Waals surface area contributed by atoms with Crippen LogP contribution in [-0.4, -0.2) is 20.4 Å². The minimum absolute atomic E-state index is 0.0319. The first kappa shape index (κ1) is 21.2. The fraction of sp³-hybridized carbons (Fsp3) is 0.333. The van der Waals surface area contributed by atoms with Gasteiger partial charge in [-0.2, -0.15) is 5.26 Å². The highest BCUT2D eigenvalue weighted by Crippen LogP contribution is 2.24. The van der Waals surface area contributed by atoms with E-state index in [0.29, 0.717) is 18.9 Å². The second-order valence-electron chi connectivity index (χ2n) is 8.23. The van der Waals surface area contributed by atoms with Gasteiger partial charge in [0.2, 0.25) is 5.82 Å². The van der Waals surface area contributed by atoms with E-state index in [-0.39, 0.29) is 11.2 Å². The average molecular weight is 406 g/mol. The van der Waals surface area contributed by atoms with E-state index >= 15 is 0 Å². The molecule has 0 saturated carbocycles. The largest absolute Gasteiger partial charge is 0.382 e. The molecule has 3 rings (SSSR count). The Morgan fingerprint density at radius 1 is 1.27 bits per heavy atom. The maximum atomic E-state index is 9.14. The number of hydrazone groups is 1. The molecule has 30 heavy (non-hydrogen) atoms. The molecular weight excluding hydrogens is 378 g/mol. The van der Waals surface area contributed by atoms with Crippen molar-refractivity contribution in [3.63, 3.8) is 0 Å². The summed E-state index contributed by atoms with van der Waals surface area (Å²) in [6.07, 6.45) is 1.68. The number of hydrogen-bond acceptors (Lipinski definition) is 7. The maximum Gasteiger partial charge on any atom is 0.234 e. The summed E-state index contributed by atoms with van der Waals surface area (Å²) >= 11 is 0. The molecule has 3 aromatic rings. The molecule has 0 spiro atoms. The first-order valence-corrected chi connectivity index (χ1v) is 9.66. The number of amidine groups is 1. The SMILES string of the molecule is CC(C)(C)Cn1c(CNN/N=C(\N)c2ccc(CN)cc2)cc2cnc(C#N)nc21. The summed E-state index contributed by atoms with van der Waals surface area (Å²) in [6.45, 7) is 8.18. The highest BCUT2D eigenvalue weighted by atomic mass is 15.6. The van der Waals surface area contributed by atoms with Crippen molar-refractivity contribution >= 4 is 16.9 Å². The fourth-order valence-corrected chi connectivity index (χ4v) is 3.05. The Hall–Kier alpha value is -3.48. The van der Waals surface area contributed by atoms with Gasteiger partial charge in [-0.05, 0) is 17.0 Å². The number of hydrogen-bond donors (Lipinski definition) is 4. The Morgan fingerprint density at radius 3 is 2.63 bits per heavy atom. The quantitative estimate of drug-likeness (QED) is 0.203. The number of fused-ring (bicyclic) bond motifs is 1. The Bertz CT molecular complexity index is 1080. The van der Waals surface area contributed by atoms with Crippen molar-refractivity contribution in [2.24, 2.45) is 22.0 Å². The molecule has 9 heteroatoms.